The average Bonchev–Trinajstić information content (AvgIpc) is 3.25. The number of hydrogen-bond acceptors (Lipinski definition) is 5. The van der Waals surface area contributed by atoms with E-state index < -0.39 is 0 Å². The minimum absolute atomic E-state index is 0.197. The predicted octanol–water partition coefficient (Wildman–Crippen LogP) is 4.02. The second-order valence-corrected chi connectivity index (χ2v) is 6.25. The van der Waals surface area contributed by atoms with Crippen LogP contribution in [0.4, 0.5) is 0 Å². The highest BCUT2D eigenvalue weighted by Crippen LogP contribution is 2.35. The molecule has 1 heterocycles. The Labute approximate surface area is 174 Å². The van der Waals surface area contributed by atoms with Gasteiger partial charge in [0.25, 0.3) is 5.91 Å². The Bertz CT molecular complexity index is 1090. The lowest BCUT2D eigenvalue weighted by atomic mass is 10.2. The van der Waals surface area contributed by atoms with Crippen molar-refractivity contribution in [3.63, 3.8) is 0 Å². The van der Waals surface area contributed by atoms with Gasteiger partial charge in [0.15, 0.2) is 11.5 Å². The van der Waals surface area contributed by atoms with E-state index in [1.165, 1.54) is 0 Å². The third-order valence-corrected chi connectivity index (χ3v) is 4.22. The van der Waals surface area contributed by atoms with Crippen LogP contribution in [0, 0.1) is 11.8 Å². The zero-order chi connectivity index (χ0) is 20.6. The molecule has 0 saturated heterocycles. The Morgan fingerprint density at radius 1 is 0.900 bits per heavy atom. The van der Waals surface area contributed by atoms with Gasteiger partial charge in [0.2, 0.25) is 6.79 Å². The largest absolute Gasteiger partial charge is 0.481 e. The van der Waals surface area contributed by atoms with Crippen LogP contribution in [0.3, 0.4) is 0 Å². The maximum absolute atomic E-state index is 12.5. The van der Waals surface area contributed by atoms with E-state index in [4.69, 9.17) is 18.9 Å². The predicted molar refractivity (Wildman–Crippen MR) is 111 cm³/mol. The summed E-state index contributed by atoms with van der Waals surface area (Å²) in [6.07, 6.45) is 0. The Balaban J connectivity index is 1.27. The van der Waals surface area contributed by atoms with Crippen molar-refractivity contribution in [3.8, 4) is 40.6 Å². The van der Waals surface area contributed by atoms with E-state index in [9.17, 15) is 4.79 Å². The Hall–Kier alpha value is -4.11. The van der Waals surface area contributed by atoms with E-state index in [0.717, 1.165) is 0 Å². The minimum atomic E-state index is -0.257. The first-order chi connectivity index (χ1) is 14.8. The fraction of sp³-hybridized carbons (Fsp3) is 0.125. The summed E-state index contributed by atoms with van der Waals surface area (Å²) in [7, 11) is 0. The van der Waals surface area contributed by atoms with Crippen molar-refractivity contribution in [3.05, 3.63) is 78.4 Å². The second-order valence-electron chi connectivity index (χ2n) is 6.25. The third kappa shape index (κ3) is 4.83. The van der Waals surface area contributed by atoms with Gasteiger partial charge in [-0.25, -0.2) is 0 Å². The summed E-state index contributed by atoms with van der Waals surface area (Å²) >= 11 is 0. The summed E-state index contributed by atoms with van der Waals surface area (Å²) in [4.78, 5) is 12.5. The highest BCUT2D eigenvalue weighted by Gasteiger charge is 2.13. The summed E-state index contributed by atoms with van der Waals surface area (Å²) in [5.41, 5.74) is 0.444. The molecule has 3 aromatic carbocycles. The van der Waals surface area contributed by atoms with Gasteiger partial charge in [0.05, 0.1) is 12.1 Å². The van der Waals surface area contributed by atoms with E-state index in [1.54, 1.807) is 36.4 Å². The molecule has 0 radical (unpaired) electrons. The molecule has 0 fully saturated rings. The van der Waals surface area contributed by atoms with E-state index in [0.29, 0.717) is 34.3 Å². The van der Waals surface area contributed by atoms with E-state index in [2.05, 4.69) is 17.2 Å². The number of amides is 1. The third-order valence-electron chi connectivity index (χ3n) is 4.22. The van der Waals surface area contributed by atoms with Gasteiger partial charge < -0.3 is 24.3 Å². The molecule has 0 aliphatic carbocycles. The fourth-order valence-electron chi connectivity index (χ4n) is 2.78. The van der Waals surface area contributed by atoms with E-state index >= 15 is 0 Å². The molecule has 4 rings (SSSR count). The zero-order valence-corrected chi connectivity index (χ0v) is 16.1. The lowest BCUT2D eigenvalue weighted by Gasteiger charge is -2.10. The molecule has 0 unspecified atom stereocenters. The highest BCUT2D eigenvalue weighted by atomic mass is 16.7. The lowest BCUT2D eigenvalue weighted by molar-refractivity contribution is 0.0956. The van der Waals surface area contributed by atoms with Gasteiger partial charge in [-0.15, -0.1) is 0 Å². The summed E-state index contributed by atoms with van der Waals surface area (Å²) in [5.74, 6) is 8.64. The van der Waals surface area contributed by atoms with Crippen LogP contribution in [0.5, 0.6) is 28.7 Å². The summed E-state index contributed by atoms with van der Waals surface area (Å²) in [5, 5.41) is 2.77. The van der Waals surface area contributed by atoms with Gasteiger partial charge in [-0.2, -0.15) is 0 Å². The standard InChI is InChI=1S/C24H19NO5/c26-24(20-10-4-5-11-21(20)30-18-8-2-1-3-9-18)25-14-6-7-15-27-19-12-13-22-23(16-19)29-17-28-22/h1-5,8-13,16H,14-15,17H2,(H,25,26). The van der Waals surface area contributed by atoms with Crippen molar-refractivity contribution in [2.24, 2.45) is 0 Å². The highest BCUT2D eigenvalue weighted by molar-refractivity contribution is 5.97. The first-order valence-electron chi connectivity index (χ1n) is 9.38. The molecule has 6 heteroatoms. The van der Waals surface area contributed by atoms with Crippen molar-refractivity contribution >= 4 is 5.91 Å². The monoisotopic (exact) mass is 401 g/mol. The van der Waals surface area contributed by atoms with Gasteiger partial charge in [-0.05, 0) is 36.4 Å². The number of para-hydroxylation sites is 2. The van der Waals surface area contributed by atoms with E-state index in [1.807, 2.05) is 36.4 Å². The van der Waals surface area contributed by atoms with Crippen molar-refractivity contribution < 1.29 is 23.7 Å². The fourth-order valence-corrected chi connectivity index (χ4v) is 2.78. The number of rotatable bonds is 6. The van der Waals surface area contributed by atoms with Crippen molar-refractivity contribution in [1.29, 1.82) is 0 Å². The van der Waals surface area contributed by atoms with Gasteiger partial charge in [0, 0.05) is 6.07 Å². The maximum atomic E-state index is 12.5. The Morgan fingerprint density at radius 2 is 1.70 bits per heavy atom. The SMILES string of the molecule is O=C(NCC#CCOc1ccc2c(c1)OCO2)c1ccccc1Oc1ccccc1. The molecule has 6 nitrogen and oxygen atoms in total. The summed E-state index contributed by atoms with van der Waals surface area (Å²) in [6.45, 7) is 0.615. The molecule has 1 amide bonds. The first kappa shape index (κ1) is 19.2. The molecule has 1 N–H and O–H groups in total. The number of benzene rings is 3. The zero-order valence-electron chi connectivity index (χ0n) is 16.1. The molecule has 0 aromatic heterocycles. The van der Waals surface area contributed by atoms with Crippen LogP contribution in [-0.4, -0.2) is 25.9 Å². The number of carbonyl (C=O) groups excluding carboxylic acids is 1. The van der Waals surface area contributed by atoms with Crippen LogP contribution in [0.15, 0.2) is 72.8 Å². The number of fused-ring (bicyclic) bond motifs is 1. The van der Waals surface area contributed by atoms with Crippen LogP contribution in [0.1, 0.15) is 10.4 Å². The molecule has 3 aromatic rings. The number of nitrogens with one attached hydrogen (secondary N) is 1. The molecule has 0 atom stereocenters. The molecule has 1 aliphatic heterocycles. The lowest BCUT2D eigenvalue weighted by Crippen LogP contribution is -2.24. The van der Waals surface area contributed by atoms with Gasteiger partial charge >= 0.3 is 0 Å². The van der Waals surface area contributed by atoms with Crippen molar-refractivity contribution in [2.75, 3.05) is 19.9 Å². The number of ether oxygens (including phenoxy) is 4. The minimum Gasteiger partial charge on any atom is -0.481 e. The Kier molecular flexibility index (Phi) is 6.02. The first-order valence-corrected chi connectivity index (χ1v) is 9.38. The summed E-state index contributed by atoms with van der Waals surface area (Å²) in [6, 6.07) is 21.7. The Morgan fingerprint density at radius 3 is 2.60 bits per heavy atom. The molecule has 30 heavy (non-hydrogen) atoms. The van der Waals surface area contributed by atoms with Crippen LogP contribution in [0.2, 0.25) is 0 Å². The maximum Gasteiger partial charge on any atom is 0.255 e. The quantitative estimate of drug-likeness (QED) is 0.632. The van der Waals surface area contributed by atoms with Gasteiger partial charge in [-0.3, -0.25) is 4.79 Å². The van der Waals surface area contributed by atoms with Gasteiger partial charge in [-0.1, -0.05) is 42.2 Å². The molecule has 0 saturated carbocycles. The molecule has 0 spiro atoms. The van der Waals surface area contributed by atoms with Gasteiger partial charge in [0.1, 0.15) is 23.9 Å². The molecule has 150 valence electrons. The topological polar surface area (TPSA) is 66.0 Å². The van der Waals surface area contributed by atoms with Crippen LogP contribution < -0.4 is 24.3 Å². The van der Waals surface area contributed by atoms with Crippen molar-refractivity contribution in [1.82, 2.24) is 5.32 Å². The average molecular weight is 401 g/mol. The normalized spacial score (nSPS) is 11.2. The summed E-state index contributed by atoms with van der Waals surface area (Å²) < 4.78 is 21.9. The molecule has 0 bridgehead atoms. The van der Waals surface area contributed by atoms with Crippen LogP contribution >= 0.6 is 0 Å². The smallest absolute Gasteiger partial charge is 0.255 e. The second kappa shape index (κ2) is 9.39. The molecular formula is C24H19NO5. The number of carbonyl (C=O) groups is 1. The van der Waals surface area contributed by atoms with Crippen LogP contribution in [-0.2, 0) is 0 Å². The molecular weight excluding hydrogens is 382 g/mol. The van der Waals surface area contributed by atoms with Crippen molar-refractivity contribution in [2.45, 2.75) is 0 Å². The van der Waals surface area contributed by atoms with Crippen LogP contribution in [0.25, 0.3) is 0 Å². The van der Waals surface area contributed by atoms with E-state index in [-0.39, 0.29) is 25.9 Å². The molecule has 1 aliphatic rings. The number of hydrogen-bond donors (Lipinski definition) is 1.